The predicted molar refractivity (Wildman–Crippen MR) is 206 cm³/mol. The highest BCUT2D eigenvalue weighted by Gasteiger charge is 2.40. The molecule has 2 fully saturated rings. The van der Waals surface area contributed by atoms with Gasteiger partial charge in [-0.2, -0.15) is 13.2 Å². The van der Waals surface area contributed by atoms with E-state index >= 15 is 4.39 Å². The van der Waals surface area contributed by atoms with Crippen molar-refractivity contribution < 1.29 is 50.9 Å². The van der Waals surface area contributed by atoms with Crippen LogP contribution < -0.4 is 19.7 Å². The van der Waals surface area contributed by atoms with Crippen LogP contribution in [0.4, 0.5) is 27.6 Å². The molecule has 0 radical (unpaired) electrons. The van der Waals surface area contributed by atoms with Crippen LogP contribution in [-0.4, -0.2) is 84.6 Å². The van der Waals surface area contributed by atoms with Crippen molar-refractivity contribution in [1.29, 1.82) is 0 Å². The number of phenols is 1. The first-order valence-corrected chi connectivity index (χ1v) is 19.8. The molecule has 3 atom stereocenters. The lowest BCUT2D eigenvalue weighted by Gasteiger charge is -2.36. The topological polar surface area (TPSA) is 112 Å². The summed E-state index contributed by atoms with van der Waals surface area (Å²) in [6.45, 7) is 4.85. The van der Waals surface area contributed by atoms with Crippen molar-refractivity contribution in [3.05, 3.63) is 118 Å². The molecule has 2 unspecified atom stereocenters. The number of ether oxygens (including phenoxy) is 2. The average molecular weight is 819 g/mol. The highest BCUT2D eigenvalue weighted by atomic mass is 19.4. The van der Waals surface area contributed by atoms with E-state index in [0.29, 0.717) is 48.4 Å². The summed E-state index contributed by atoms with van der Waals surface area (Å²) in [7, 11) is 0. The summed E-state index contributed by atoms with van der Waals surface area (Å²) in [6, 6.07) is 16.9. The first kappa shape index (κ1) is 40.1. The number of rotatable bonds is 11. The number of nitrogens with one attached hydrogen (secondary N) is 1. The summed E-state index contributed by atoms with van der Waals surface area (Å²) >= 11 is 0. The van der Waals surface area contributed by atoms with Gasteiger partial charge in [0.1, 0.15) is 23.4 Å². The highest BCUT2D eigenvalue weighted by molar-refractivity contribution is 6.05. The van der Waals surface area contributed by atoms with Gasteiger partial charge in [-0.25, -0.2) is 8.78 Å². The molecule has 0 aliphatic carbocycles. The van der Waals surface area contributed by atoms with Crippen molar-refractivity contribution in [2.24, 2.45) is 0 Å². The summed E-state index contributed by atoms with van der Waals surface area (Å²) < 4.78 is 82.3. The Morgan fingerprint density at radius 2 is 1.64 bits per heavy atom. The molecule has 2 saturated heterocycles. The van der Waals surface area contributed by atoms with Crippen molar-refractivity contribution >= 4 is 23.4 Å². The number of hydrogen-bond donors (Lipinski definition) is 2. The third-order valence-electron chi connectivity index (χ3n) is 11.8. The third kappa shape index (κ3) is 8.43. The number of alkyl halides is 3. The molecule has 0 saturated carbocycles. The number of hydrogen-bond acceptors (Lipinski definition) is 8. The maximum Gasteiger partial charge on any atom is 0.419 e. The van der Waals surface area contributed by atoms with E-state index < -0.39 is 47.2 Å². The lowest BCUT2D eigenvalue weighted by molar-refractivity contribution is -0.140. The minimum atomic E-state index is -4.90. The van der Waals surface area contributed by atoms with Gasteiger partial charge in [0.05, 0.1) is 18.8 Å². The summed E-state index contributed by atoms with van der Waals surface area (Å²) in [6.07, 6.45) is -1.86. The van der Waals surface area contributed by atoms with Crippen LogP contribution in [0.5, 0.6) is 17.2 Å². The van der Waals surface area contributed by atoms with Crippen LogP contribution in [-0.2, 0) is 22.3 Å². The molecule has 4 heterocycles. The molecule has 15 heteroatoms. The van der Waals surface area contributed by atoms with E-state index in [-0.39, 0.29) is 41.9 Å². The number of nitrogens with zero attached hydrogens (tertiary/aromatic N) is 3. The molecule has 8 rings (SSSR count). The molecule has 310 valence electrons. The number of imide groups is 1. The quantitative estimate of drug-likeness (QED) is 0.0936. The Kier molecular flexibility index (Phi) is 11.2. The molecule has 10 nitrogen and oxygen atoms in total. The number of anilines is 1. The third-order valence-corrected chi connectivity index (χ3v) is 11.8. The fourth-order valence-corrected chi connectivity index (χ4v) is 8.70. The van der Waals surface area contributed by atoms with Crippen LogP contribution in [0.1, 0.15) is 82.1 Å². The van der Waals surface area contributed by atoms with Crippen molar-refractivity contribution in [3.8, 4) is 17.2 Å². The highest BCUT2D eigenvalue weighted by Crippen LogP contribution is 2.48. The van der Waals surface area contributed by atoms with Crippen LogP contribution in [0.15, 0.2) is 72.8 Å². The monoisotopic (exact) mass is 818 g/mol. The van der Waals surface area contributed by atoms with E-state index in [1.807, 2.05) is 18.2 Å². The Hall–Kier alpha value is -5.70. The molecule has 59 heavy (non-hydrogen) atoms. The first-order chi connectivity index (χ1) is 28.3. The van der Waals surface area contributed by atoms with Crippen molar-refractivity contribution in [3.63, 3.8) is 0 Å². The second-order valence-corrected chi connectivity index (χ2v) is 15.5. The SMILES string of the molecule is O=C1CCC(N2Cc3cc(N4CCN(CCCCCOc5ccc([C@@H]6c7ccc(O)cc7OCC6c6ccc(F)c(C(F)(F)F)c6)cc5F)CC4)ccc3C2=O)C(=O)N1. The molecule has 0 aromatic heterocycles. The van der Waals surface area contributed by atoms with E-state index in [2.05, 4.69) is 15.1 Å². The first-order valence-electron chi connectivity index (χ1n) is 19.8. The summed E-state index contributed by atoms with van der Waals surface area (Å²) in [5.74, 6) is -3.99. The van der Waals surface area contributed by atoms with Crippen molar-refractivity contribution in [1.82, 2.24) is 15.1 Å². The van der Waals surface area contributed by atoms with Gasteiger partial charge >= 0.3 is 6.18 Å². The van der Waals surface area contributed by atoms with Gasteiger partial charge in [0.2, 0.25) is 11.8 Å². The maximum atomic E-state index is 15.6. The van der Waals surface area contributed by atoms with Crippen LogP contribution in [0.3, 0.4) is 0 Å². The standard InChI is InChI=1S/C44H43F5N4O6/c45-35-10-4-26(21-34(35)44(47,48)49)33-25-59-39-23-30(54)7-9-32(39)41(33)27-5-12-38(36(46)22-27)58-19-3-1-2-14-51-15-17-52(18-16-51)29-6-8-31-28(20-29)24-53(43(31)57)37-11-13-40(55)50-42(37)56/h4-10,12,20-23,33,37,41,54H,1-3,11,13-19,24-25H2,(H,50,55,56)/t33?,37?,41-/m1/s1. The zero-order valence-corrected chi connectivity index (χ0v) is 32.1. The van der Waals surface area contributed by atoms with E-state index in [0.717, 1.165) is 68.9 Å². The molecule has 3 amide bonds. The molecule has 4 aromatic rings. The zero-order chi connectivity index (χ0) is 41.4. The summed E-state index contributed by atoms with van der Waals surface area (Å²) in [5.41, 5.74) is 2.32. The average Bonchev–Trinajstić information content (AvgIpc) is 3.53. The minimum absolute atomic E-state index is 0.0557. The van der Waals surface area contributed by atoms with E-state index in [9.17, 15) is 37.1 Å². The molecular weight excluding hydrogens is 775 g/mol. The Morgan fingerprint density at radius 3 is 2.41 bits per heavy atom. The summed E-state index contributed by atoms with van der Waals surface area (Å²) in [5, 5.41) is 12.4. The Balaban J connectivity index is 0.815. The second-order valence-electron chi connectivity index (χ2n) is 15.5. The molecule has 4 aromatic carbocycles. The lowest BCUT2D eigenvalue weighted by atomic mass is 9.75. The number of fused-ring (bicyclic) bond motifs is 2. The normalized spacial score (nSPS) is 20.9. The zero-order valence-electron chi connectivity index (χ0n) is 32.1. The molecular formula is C44H43F5N4O6. The van der Waals surface area contributed by atoms with Gasteiger partial charge in [-0.15, -0.1) is 0 Å². The number of piperazine rings is 1. The van der Waals surface area contributed by atoms with Gasteiger partial charge in [0.15, 0.2) is 11.6 Å². The van der Waals surface area contributed by atoms with Crippen molar-refractivity contribution in [2.45, 2.75) is 62.7 Å². The predicted octanol–water partition coefficient (Wildman–Crippen LogP) is 7.13. The minimum Gasteiger partial charge on any atom is -0.508 e. The molecule has 4 aliphatic heterocycles. The maximum absolute atomic E-state index is 15.6. The van der Waals surface area contributed by atoms with Crippen LogP contribution in [0, 0.1) is 11.6 Å². The molecule has 4 aliphatic rings. The number of aromatic hydroxyl groups is 1. The number of unbranched alkanes of at least 4 members (excludes halogenated alkanes) is 2. The van der Waals surface area contributed by atoms with Crippen molar-refractivity contribution in [2.75, 3.05) is 50.8 Å². The number of carbonyl (C=O) groups excluding carboxylic acids is 3. The Morgan fingerprint density at radius 1 is 0.847 bits per heavy atom. The fraction of sp³-hybridized carbons (Fsp3) is 0.386. The lowest BCUT2D eigenvalue weighted by Crippen LogP contribution is -2.52. The Bertz CT molecular complexity index is 2260. The molecule has 2 N–H and O–H groups in total. The number of piperidine rings is 1. The van der Waals surface area contributed by atoms with Gasteiger partial charge in [-0.1, -0.05) is 18.2 Å². The Labute approximate surface area is 337 Å². The second kappa shape index (κ2) is 16.5. The fourth-order valence-electron chi connectivity index (χ4n) is 8.70. The van der Waals surface area contributed by atoms with Crippen LogP contribution in [0.2, 0.25) is 0 Å². The summed E-state index contributed by atoms with van der Waals surface area (Å²) in [4.78, 5) is 43.3. The largest absolute Gasteiger partial charge is 0.508 e. The van der Waals surface area contributed by atoms with Gasteiger partial charge in [-0.3, -0.25) is 24.6 Å². The smallest absolute Gasteiger partial charge is 0.419 e. The van der Waals surface area contributed by atoms with Gasteiger partial charge < -0.3 is 24.4 Å². The van der Waals surface area contributed by atoms with Gasteiger partial charge in [0, 0.05) is 73.9 Å². The number of amides is 3. The molecule has 0 spiro atoms. The van der Waals surface area contributed by atoms with Crippen LogP contribution in [0.25, 0.3) is 0 Å². The van der Waals surface area contributed by atoms with E-state index in [1.54, 1.807) is 17.0 Å². The van der Waals surface area contributed by atoms with Crippen LogP contribution >= 0.6 is 0 Å². The van der Waals surface area contributed by atoms with E-state index in [1.165, 1.54) is 30.3 Å². The number of benzene rings is 4. The number of halogens is 5. The van der Waals surface area contributed by atoms with Gasteiger partial charge in [0.25, 0.3) is 5.91 Å². The molecule has 0 bridgehead atoms. The number of phenolic OH excluding ortho intramolecular Hbond substituents is 1. The van der Waals surface area contributed by atoms with E-state index in [4.69, 9.17) is 9.47 Å². The number of carbonyl (C=O) groups is 3. The van der Waals surface area contributed by atoms with Gasteiger partial charge in [-0.05, 0) is 97.4 Å².